The Kier molecular flexibility index (Phi) is 6.52. The molecule has 0 saturated heterocycles. The van der Waals surface area contributed by atoms with Gasteiger partial charge in [0.05, 0.1) is 7.11 Å². The zero-order valence-corrected chi connectivity index (χ0v) is 11.4. The van der Waals surface area contributed by atoms with Gasteiger partial charge in [0.2, 0.25) is 0 Å². The van der Waals surface area contributed by atoms with Crippen LogP contribution in [-0.2, 0) is 9.53 Å². The van der Waals surface area contributed by atoms with Gasteiger partial charge in [0.25, 0.3) is 0 Å². The molecule has 1 N–H and O–H groups in total. The molecule has 1 saturated carbocycles. The average Bonchev–Trinajstić information content (AvgIpc) is 2.30. The summed E-state index contributed by atoms with van der Waals surface area (Å²) >= 11 is 0. The molecule has 1 rings (SSSR count). The zero-order chi connectivity index (χ0) is 12.7. The number of nitrogens with zero attached hydrogens (tertiary/aromatic N) is 1. The Morgan fingerprint density at radius 1 is 1.53 bits per heavy atom. The second-order valence-electron chi connectivity index (χ2n) is 4.84. The predicted molar refractivity (Wildman–Crippen MR) is 68.9 cm³/mol. The van der Waals surface area contributed by atoms with E-state index in [0.29, 0.717) is 0 Å². The molecular weight excluding hydrogens is 216 g/mol. The third kappa shape index (κ3) is 4.64. The fourth-order valence-corrected chi connectivity index (χ4v) is 2.25. The normalized spacial score (nSPS) is 17.9. The van der Waals surface area contributed by atoms with E-state index >= 15 is 0 Å². The third-order valence-corrected chi connectivity index (χ3v) is 3.76. The van der Waals surface area contributed by atoms with Crippen molar-refractivity contribution in [3.8, 4) is 0 Å². The Morgan fingerprint density at radius 2 is 2.24 bits per heavy atom. The number of hydrogen-bond acceptors (Lipinski definition) is 4. The van der Waals surface area contributed by atoms with E-state index < -0.39 is 0 Å². The monoisotopic (exact) mass is 242 g/mol. The van der Waals surface area contributed by atoms with E-state index in [2.05, 4.69) is 17.1 Å². The molecule has 1 fully saturated rings. The lowest BCUT2D eigenvalue weighted by molar-refractivity contribution is -0.143. The van der Waals surface area contributed by atoms with Crippen molar-refractivity contribution >= 4 is 5.97 Å². The van der Waals surface area contributed by atoms with Crippen LogP contribution < -0.4 is 5.32 Å². The molecule has 0 aromatic carbocycles. The van der Waals surface area contributed by atoms with E-state index in [-0.39, 0.29) is 12.0 Å². The Hall–Kier alpha value is -0.610. The van der Waals surface area contributed by atoms with Crippen molar-refractivity contribution in [2.24, 2.45) is 5.92 Å². The van der Waals surface area contributed by atoms with Crippen LogP contribution in [0.5, 0.6) is 0 Å². The van der Waals surface area contributed by atoms with Crippen LogP contribution in [0.2, 0.25) is 0 Å². The molecule has 17 heavy (non-hydrogen) atoms. The molecule has 4 nitrogen and oxygen atoms in total. The summed E-state index contributed by atoms with van der Waals surface area (Å²) in [5, 5.41) is 3.01. The van der Waals surface area contributed by atoms with Gasteiger partial charge in [-0.15, -0.1) is 0 Å². The Balaban J connectivity index is 2.26. The standard InChI is InChI=1S/C13H26N2O2/c1-4-15(10-11-6-5-7-11)9-8-12(14-2)13(16)17-3/h11-12,14H,4-10H2,1-3H3. The van der Waals surface area contributed by atoms with E-state index in [1.165, 1.54) is 32.9 Å². The van der Waals surface area contributed by atoms with E-state index in [9.17, 15) is 4.79 Å². The molecule has 0 spiro atoms. The number of esters is 1. The summed E-state index contributed by atoms with van der Waals surface area (Å²) < 4.78 is 4.76. The topological polar surface area (TPSA) is 41.6 Å². The molecule has 0 aromatic heterocycles. The summed E-state index contributed by atoms with van der Waals surface area (Å²) in [7, 11) is 3.25. The molecule has 100 valence electrons. The van der Waals surface area contributed by atoms with Crippen LogP contribution in [0, 0.1) is 5.92 Å². The van der Waals surface area contributed by atoms with Crippen LogP contribution in [0.15, 0.2) is 0 Å². The number of carbonyl (C=O) groups excluding carboxylic acids is 1. The fraction of sp³-hybridized carbons (Fsp3) is 0.923. The fourth-order valence-electron chi connectivity index (χ4n) is 2.25. The van der Waals surface area contributed by atoms with E-state index in [1.807, 2.05) is 7.05 Å². The highest BCUT2D eigenvalue weighted by Gasteiger charge is 2.22. The maximum absolute atomic E-state index is 11.4. The first-order valence-corrected chi connectivity index (χ1v) is 6.68. The Labute approximate surface area is 105 Å². The maximum Gasteiger partial charge on any atom is 0.322 e. The number of hydrogen-bond donors (Lipinski definition) is 1. The third-order valence-electron chi connectivity index (χ3n) is 3.76. The van der Waals surface area contributed by atoms with Gasteiger partial charge in [0, 0.05) is 13.1 Å². The summed E-state index contributed by atoms with van der Waals surface area (Å²) in [5.74, 6) is 0.730. The minimum atomic E-state index is -0.171. The first-order chi connectivity index (χ1) is 8.21. The molecule has 0 radical (unpaired) electrons. The van der Waals surface area contributed by atoms with Gasteiger partial charge in [-0.2, -0.15) is 0 Å². The van der Waals surface area contributed by atoms with E-state index in [0.717, 1.165) is 25.4 Å². The van der Waals surface area contributed by atoms with Crippen LogP contribution in [0.3, 0.4) is 0 Å². The van der Waals surface area contributed by atoms with Gasteiger partial charge in [-0.05, 0) is 38.8 Å². The summed E-state index contributed by atoms with van der Waals surface area (Å²) in [6.45, 7) is 5.40. The SMILES string of the molecule is CCN(CCC(NC)C(=O)OC)CC1CCC1. The quantitative estimate of drug-likeness (QED) is 0.651. The molecule has 0 heterocycles. The van der Waals surface area contributed by atoms with Gasteiger partial charge < -0.3 is 15.0 Å². The van der Waals surface area contributed by atoms with Gasteiger partial charge in [-0.3, -0.25) is 4.79 Å². The summed E-state index contributed by atoms with van der Waals surface area (Å²) in [6, 6.07) is -0.171. The number of rotatable bonds is 8. The van der Waals surface area contributed by atoms with Gasteiger partial charge in [-0.1, -0.05) is 13.3 Å². The predicted octanol–water partition coefficient (Wildman–Crippen LogP) is 1.26. The molecule has 0 aliphatic heterocycles. The lowest BCUT2D eigenvalue weighted by Crippen LogP contribution is -2.40. The average molecular weight is 242 g/mol. The van der Waals surface area contributed by atoms with Crippen LogP contribution in [0.1, 0.15) is 32.6 Å². The summed E-state index contributed by atoms with van der Waals surface area (Å²) in [5.41, 5.74) is 0. The van der Waals surface area contributed by atoms with Crippen molar-refractivity contribution in [2.75, 3.05) is 33.8 Å². The van der Waals surface area contributed by atoms with Crippen molar-refractivity contribution in [3.05, 3.63) is 0 Å². The minimum absolute atomic E-state index is 0.160. The van der Waals surface area contributed by atoms with Crippen molar-refractivity contribution in [1.29, 1.82) is 0 Å². The molecule has 1 atom stereocenters. The number of methoxy groups -OCH3 is 1. The molecule has 0 bridgehead atoms. The van der Waals surface area contributed by atoms with Gasteiger partial charge >= 0.3 is 5.97 Å². The lowest BCUT2D eigenvalue weighted by atomic mass is 9.85. The highest BCUT2D eigenvalue weighted by Crippen LogP contribution is 2.27. The molecule has 1 aliphatic carbocycles. The number of carbonyl (C=O) groups is 1. The van der Waals surface area contributed by atoms with Crippen molar-refractivity contribution in [1.82, 2.24) is 10.2 Å². The van der Waals surface area contributed by atoms with Crippen molar-refractivity contribution < 1.29 is 9.53 Å². The summed E-state index contributed by atoms with van der Waals surface area (Å²) in [4.78, 5) is 13.9. The van der Waals surface area contributed by atoms with E-state index in [4.69, 9.17) is 4.74 Å². The van der Waals surface area contributed by atoms with Crippen LogP contribution in [0.4, 0.5) is 0 Å². The number of likely N-dealkylation sites (N-methyl/N-ethyl adjacent to an activating group) is 1. The van der Waals surface area contributed by atoms with Crippen LogP contribution >= 0.6 is 0 Å². The Morgan fingerprint density at radius 3 is 2.65 bits per heavy atom. The first kappa shape index (κ1) is 14.5. The molecule has 0 amide bonds. The van der Waals surface area contributed by atoms with E-state index in [1.54, 1.807) is 0 Å². The second-order valence-corrected chi connectivity index (χ2v) is 4.84. The molecule has 1 unspecified atom stereocenters. The van der Waals surface area contributed by atoms with Crippen molar-refractivity contribution in [2.45, 2.75) is 38.6 Å². The maximum atomic E-state index is 11.4. The van der Waals surface area contributed by atoms with Crippen molar-refractivity contribution in [3.63, 3.8) is 0 Å². The largest absolute Gasteiger partial charge is 0.468 e. The molecule has 0 aromatic rings. The summed E-state index contributed by atoms with van der Waals surface area (Å²) in [6.07, 6.45) is 4.97. The number of ether oxygens (including phenoxy) is 1. The molecule has 1 aliphatic rings. The smallest absolute Gasteiger partial charge is 0.322 e. The lowest BCUT2D eigenvalue weighted by Gasteiger charge is -2.32. The minimum Gasteiger partial charge on any atom is -0.468 e. The number of nitrogens with one attached hydrogen (secondary N) is 1. The van der Waals surface area contributed by atoms with Gasteiger partial charge in [-0.25, -0.2) is 0 Å². The second kappa shape index (κ2) is 7.67. The van der Waals surface area contributed by atoms with Gasteiger partial charge in [0.1, 0.15) is 6.04 Å². The van der Waals surface area contributed by atoms with Crippen LogP contribution in [0.25, 0.3) is 0 Å². The highest BCUT2D eigenvalue weighted by atomic mass is 16.5. The van der Waals surface area contributed by atoms with Gasteiger partial charge in [0.15, 0.2) is 0 Å². The Bertz CT molecular complexity index is 229. The first-order valence-electron chi connectivity index (χ1n) is 6.68. The van der Waals surface area contributed by atoms with Crippen LogP contribution in [-0.4, -0.2) is 50.7 Å². The molecular formula is C13H26N2O2. The molecule has 4 heteroatoms. The highest BCUT2D eigenvalue weighted by molar-refractivity contribution is 5.75. The zero-order valence-electron chi connectivity index (χ0n) is 11.4.